The number of halogens is 2. The number of hydrogen-bond donors (Lipinski definition) is 1. The molecule has 19 heavy (non-hydrogen) atoms. The number of nitrogens with two attached hydrogens (primary N) is 1. The maximum atomic E-state index is 13.1. The Labute approximate surface area is 119 Å². The van der Waals surface area contributed by atoms with Gasteiger partial charge in [-0.3, -0.25) is 4.79 Å². The lowest BCUT2D eigenvalue weighted by atomic mass is 10.0. The van der Waals surface area contributed by atoms with Crippen molar-refractivity contribution in [1.82, 2.24) is 4.90 Å². The van der Waals surface area contributed by atoms with E-state index in [0.29, 0.717) is 6.54 Å². The number of rotatable bonds is 3. The topological polar surface area (TPSA) is 46.3 Å². The Morgan fingerprint density at radius 1 is 1.42 bits per heavy atom. The van der Waals surface area contributed by atoms with Crippen molar-refractivity contribution in [1.29, 1.82) is 0 Å². The quantitative estimate of drug-likeness (QED) is 0.925. The van der Waals surface area contributed by atoms with Gasteiger partial charge < -0.3 is 10.6 Å². The van der Waals surface area contributed by atoms with Crippen LogP contribution in [0.25, 0.3) is 0 Å². The Hall–Kier alpha value is -1.13. The van der Waals surface area contributed by atoms with E-state index >= 15 is 0 Å². The molecule has 1 saturated heterocycles. The lowest BCUT2D eigenvalue weighted by molar-refractivity contribution is -0.133. The van der Waals surface area contributed by atoms with Crippen LogP contribution in [0.15, 0.2) is 24.3 Å². The molecule has 1 heterocycles. The number of nitrogens with zero attached hydrogens (tertiary/aromatic N) is 1. The van der Waals surface area contributed by atoms with E-state index in [0.717, 1.165) is 31.4 Å². The molecule has 0 spiro atoms. The summed E-state index contributed by atoms with van der Waals surface area (Å²) in [6.45, 7) is 1.28. The molecule has 1 aliphatic rings. The van der Waals surface area contributed by atoms with E-state index in [1.807, 2.05) is 4.90 Å². The summed E-state index contributed by atoms with van der Waals surface area (Å²) < 4.78 is 13.1. The number of piperidine rings is 1. The third kappa shape index (κ3) is 4.18. The fourth-order valence-electron chi connectivity index (χ4n) is 2.50. The molecule has 0 radical (unpaired) electrons. The van der Waals surface area contributed by atoms with Gasteiger partial charge in [-0.05, 0) is 37.0 Å². The van der Waals surface area contributed by atoms with Gasteiger partial charge in [0.1, 0.15) is 5.82 Å². The van der Waals surface area contributed by atoms with Crippen molar-refractivity contribution in [3.63, 3.8) is 0 Å². The van der Waals surface area contributed by atoms with Crippen LogP contribution >= 0.6 is 12.4 Å². The second-order valence-electron chi connectivity index (χ2n) is 4.78. The van der Waals surface area contributed by atoms with Crippen molar-refractivity contribution >= 4 is 18.3 Å². The molecule has 0 aromatic heterocycles. The van der Waals surface area contributed by atoms with Crippen LogP contribution in [0.5, 0.6) is 0 Å². The highest BCUT2D eigenvalue weighted by molar-refractivity contribution is 5.85. The molecule has 1 atom stereocenters. The minimum atomic E-state index is -0.297. The Kier molecular flexibility index (Phi) is 6.25. The predicted molar refractivity (Wildman–Crippen MR) is 75.8 cm³/mol. The first kappa shape index (κ1) is 15.9. The minimum absolute atomic E-state index is 0. The summed E-state index contributed by atoms with van der Waals surface area (Å²) in [7, 11) is 0. The predicted octanol–water partition coefficient (Wildman–Crippen LogP) is 2.13. The summed E-state index contributed by atoms with van der Waals surface area (Å²) in [4.78, 5) is 14.1. The van der Waals surface area contributed by atoms with Gasteiger partial charge in [0.2, 0.25) is 5.91 Å². The van der Waals surface area contributed by atoms with Crippen molar-refractivity contribution in [2.75, 3.05) is 13.1 Å². The van der Waals surface area contributed by atoms with E-state index in [1.165, 1.54) is 12.1 Å². The van der Waals surface area contributed by atoms with Crippen molar-refractivity contribution < 1.29 is 9.18 Å². The molecule has 5 heteroatoms. The van der Waals surface area contributed by atoms with Crippen molar-refractivity contribution in [3.8, 4) is 0 Å². The zero-order chi connectivity index (χ0) is 13.0. The average Bonchev–Trinajstić information content (AvgIpc) is 2.38. The highest BCUT2D eigenvalue weighted by Crippen LogP contribution is 2.17. The number of likely N-dealkylation sites (tertiary alicyclic amines) is 1. The van der Waals surface area contributed by atoms with E-state index in [2.05, 4.69) is 0 Å². The Morgan fingerprint density at radius 3 is 2.89 bits per heavy atom. The first-order valence-electron chi connectivity index (χ1n) is 6.44. The number of amides is 1. The summed E-state index contributed by atoms with van der Waals surface area (Å²) in [5, 5.41) is 0. The third-order valence-electron chi connectivity index (χ3n) is 3.46. The van der Waals surface area contributed by atoms with Gasteiger partial charge in [0.25, 0.3) is 0 Å². The Morgan fingerprint density at radius 2 is 2.21 bits per heavy atom. The molecule has 1 unspecified atom stereocenters. The van der Waals surface area contributed by atoms with Crippen LogP contribution in [0, 0.1) is 5.82 Å². The van der Waals surface area contributed by atoms with Gasteiger partial charge in [0, 0.05) is 19.1 Å². The van der Waals surface area contributed by atoms with Crippen LogP contribution in [0.3, 0.4) is 0 Å². The molecular weight excluding hydrogens is 267 g/mol. The van der Waals surface area contributed by atoms with E-state index in [4.69, 9.17) is 5.73 Å². The largest absolute Gasteiger partial charge is 0.338 e. The molecule has 3 nitrogen and oxygen atoms in total. The van der Waals surface area contributed by atoms with Crippen molar-refractivity contribution in [2.24, 2.45) is 5.73 Å². The van der Waals surface area contributed by atoms with Gasteiger partial charge in [0.05, 0.1) is 6.42 Å². The summed E-state index contributed by atoms with van der Waals surface area (Å²) in [6.07, 6.45) is 3.40. The standard InChI is InChI=1S/C14H19FN2O.ClH/c15-12-5-3-4-11(8-12)9-14(18)17-7-2-1-6-13(17)10-16;/h3-5,8,13H,1-2,6-7,9-10,16H2;1H. The van der Waals surface area contributed by atoms with Gasteiger partial charge in [0.15, 0.2) is 0 Å². The Balaban J connectivity index is 0.00000180. The summed E-state index contributed by atoms with van der Waals surface area (Å²) in [6, 6.07) is 6.37. The first-order chi connectivity index (χ1) is 8.70. The SMILES string of the molecule is Cl.NCC1CCCCN1C(=O)Cc1cccc(F)c1. The maximum Gasteiger partial charge on any atom is 0.227 e. The molecule has 2 rings (SSSR count). The summed E-state index contributed by atoms with van der Waals surface area (Å²) in [5.41, 5.74) is 6.42. The summed E-state index contributed by atoms with van der Waals surface area (Å²) in [5.74, 6) is -0.245. The average molecular weight is 287 g/mol. The molecule has 1 aromatic carbocycles. The van der Waals surface area contributed by atoms with Crippen LogP contribution < -0.4 is 5.73 Å². The maximum absolute atomic E-state index is 13.1. The van der Waals surface area contributed by atoms with Gasteiger partial charge in [-0.2, -0.15) is 0 Å². The smallest absolute Gasteiger partial charge is 0.227 e. The van der Waals surface area contributed by atoms with Crippen LogP contribution in [-0.2, 0) is 11.2 Å². The van der Waals surface area contributed by atoms with Crippen LogP contribution in [0.2, 0.25) is 0 Å². The molecule has 0 bridgehead atoms. The highest BCUT2D eigenvalue weighted by atomic mass is 35.5. The van der Waals surface area contributed by atoms with Crippen molar-refractivity contribution in [3.05, 3.63) is 35.6 Å². The fourth-order valence-corrected chi connectivity index (χ4v) is 2.50. The molecule has 1 amide bonds. The lowest BCUT2D eigenvalue weighted by Crippen LogP contribution is -2.48. The number of carbonyl (C=O) groups excluding carboxylic acids is 1. The molecule has 1 fully saturated rings. The van der Waals surface area contributed by atoms with E-state index in [-0.39, 0.29) is 36.6 Å². The fraction of sp³-hybridized carbons (Fsp3) is 0.500. The zero-order valence-corrected chi connectivity index (χ0v) is 11.7. The van der Waals surface area contributed by atoms with Gasteiger partial charge in [-0.15, -0.1) is 12.4 Å². The number of hydrogen-bond acceptors (Lipinski definition) is 2. The normalized spacial score (nSPS) is 18.8. The molecule has 2 N–H and O–H groups in total. The molecule has 1 aliphatic heterocycles. The van der Waals surface area contributed by atoms with Crippen molar-refractivity contribution in [2.45, 2.75) is 31.7 Å². The van der Waals surface area contributed by atoms with Crippen LogP contribution in [-0.4, -0.2) is 29.9 Å². The monoisotopic (exact) mass is 286 g/mol. The second kappa shape index (κ2) is 7.46. The van der Waals surface area contributed by atoms with E-state index in [9.17, 15) is 9.18 Å². The number of benzene rings is 1. The van der Waals surface area contributed by atoms with Gasteiger partial charge in [-0.25, -0.2) is 4.39 Å². The molecule has 106 valence electrons. The third-order valence-corrected chi connectivity index (χ3v) is 3.46. The van der Waals surface area contributed by atoms with Gasteiger partial charge in [-0.1, -0.05) is 12.1 Å². The molecular formula is C14H20ClFN2O. The highest BCUT2D eigenvalue weighted by Gasteiger charge is 2.25. The molecule has 0 aliphatic carbocycles. The van der Waals surface area contributed by atoms with E-state index < -0.39 is 0 Å². The first-order valence-corrected chi connectivity index (χ1v) is 6.44. The minimum Gasteiger partial charge on any atom is -0.338 e. The van der Waals surface area contributed by atoms with E-state index in [1.54, 1.807) is 12.1 Å². The van der Waals surface area contributed by atoms with Crippen LogP contribution in [0.4, 0.5) is 4.39 Å². The summed E-state index contributed by atoms with van der Waals surface area (Å²) >= 11 is 0. The second-order valence-corrected chi connectivity index (χ2v) is 4.78. The zero-order valence-electron chi connectivity index (χ0n) is 10.8. The number of carbonyl (C=O) groups is 1. The molecule has 0 saturated carbocycles. The Bertz CT molecular complexity index is 428. The van der Waals surface area contributed by atoms with Crippen LogP contribution in [0.1, 0.15) is 24.8 Å². The molecule has 1 aromatic rings. The lowest BCUT2D eigenvalue weighted by Gasteiger charge is -2.35. The van der Waals surface area contributed by atoms with Gasteiger partial charge >= 0.3 is 0 Å².